The SMILES string of the molecule is COc1cc([C@@]2(OC)OC(=O)C(=O)O[C@]2(C)N)c(OC)cc1Br. The van der Waals surface area contributed by atoms with Gasteiger partial charge in [-0.1, -0.05) is 0 Å². The first-order chi connectivity index (χ1) is 10.7. The Hall–Kier alpha value is -1.84. The van der Waals surface area contributed by atoms with Crippen LogP contribution in [-0.4, -0.2) is 39.0 Å². The molecule has 1 aromatic carbocycles. The van der Waals surface area contributed by atoms with Crippen molar-refractivity contribution in [2.24, 2.45) is 5.73 Å². The van der Waals surface area contributed by atoms with Gasteiger partial charge in [-0.15, -0.1) is 0 Å². The van der Waals surface area contributed by atoms with Crippen LogP contribution in [0.2, 0.25) is 0 Å². The van der Waals surface area contributed by atoms with Gasteiger partial charge in [-0.3, -0.25) is 5.73 Å². The fourth-order valence-corrected chi connectivity index (χ4v) is 2.85. The third-order valence-corrected chi connectivity index (χ3v) is 4.10. The molecule has 2 atom stereocenters. The van der Waals surface area contributed by atoms with Gasteiger partial charge in [0, 0.05) is 7.11 Å². The largest absolute Gasteiger partial charge is 0.496 e. The zero-order chi connectivity index (χ0) is 17.4. The molecule has 1 aliphatic rings. The molecule has 2 N–H and O–H groups in total. The van der Waals surface area contributed by atoms with Gasteiger partial charge in [-0.05, 0) is 35.0 Å². The topological polar surface area (TPSA) is 106 Å². The maximum Gasteiger partial charge on any atom is 0.420 e. The summed E-state index contributed by atoms with van der Waals surface area (Å²) < 4.78 is 26.7. The van der Waals surface area contributed by atoms with E-state index in [-0.39, 0.29) is 5.56 Å². The Morgan fingerprint density at radius 2 is 1.61 bits per heavy atom. The zero-order valence-electron chi connectivity index (χ0n) is 13.0. The van der Waals surface area contributed by atoms with E-state index in [0.29, 0.717) is 16.0 Å². The standard InChI is InChI=1S/C14H16BrNO7/c1-13(16)14(21-4,23-12(18)11(17)22-13)7-5-10(20-3)8(15)6-9(7)19-2/h5-6H,16H2,1-4H3/t13-,14+/m0/s1. The van der Waals surface area contributed by atoms with Crippen molar-refractivity contribution in [1.29, 1.82) is 0 Å². The minimum Gasteiger partial charge on any atom is -0.496 e. The number of carbonyl (C=O) groups is 2. The van der Waals surface area contributed by atoms with Crippen LogP contribution < -0.4 is 15.2 Å². The number of hydrogen-bond acceptors (Lipinski definition) is 8. The van der Waals surface area contributed by atoms with E-state index in [1.54, 1.807) is 6.07 Å². The summed E-state index contributed by atoms with van der Waals surface area (Å²) in [6.07, 6.45) is 0. The lowest BCUT2D eigenvalue weighted by molar-refractivity contribution is -0.322. The van der Waals surface area contributed by atoms with E-state index in [4.69, 9.17) is 29.4 Å². The summed E-state index contributed by atoms with van der Waals surface area (Å²) in [5, 5.41) is 0. The van der Waals surface area contributed by atoms with Crippen LogP contribution in [0.5, 0.6) is 11.5 Å². The van der Waals surface area contributed by atoms with Crippen molar-refractivity contribution < 1.29 is 33.3 Å². The van der Waals surface area contributed by atoms with E-state index in [9.17, 15) is 9.59 Å². The fraction of sp³-hybridized carbons (Fsp3) is 0.429. The second-order valence-electron chi connectivity index (χ2n) is 4.89. The van der Waals surface area contributed by atoms with Crippen LogP contribution in [0.15, 0.2) is 16.6 Å². The predicted octanol–water partition coefficient (Wildman–Crippen LogP) is 1.04. The summed E-state index contributed by atoms with van der Waals surface area (Å²) in [6.45, 7) is 1.36. The van der Waals surface area contributed by atoms with E-state index in [1.165, 1.54) is 34.3 Å². The number of benzene rings is 1. The number of carbonyl (C=O) groups excluding carboxylic acids is 2. The van der Waals surface area contributed by atoms with Crippen LogP contribution in [0, 0.1) is 0 Å². The van der Waals surface area contributed by atoms with E-state index in [0.717, 1.165) is 0 Å². The van der Waals surface area contributed by atoms with Crippen LogP contribution in [0.25, 0.3) is 0 Å². The normalized spacial score (nSPS) is 27.2. The van der Waals surface area contributed by atoms with E-state index in [2.05, 4.69) is 15.9 Å². The highest BCUT2D eigenvalue weighted by atomic mass is 79.9. The maximum absolute atomic E-state index is 11.7. The molecule has 0 radical (unpaired) electrons. The maximum atomic E-state index is 11.7. The summed E-state index contributed by atoms with van der Waals surface area (Å²) in [5.74, 6) is -3.62. The first-order valence-corrected chi connectivity index (χ1v) is 7.24. The molecule has 0 aliphatic carbocycles. The first-order valence-electron chi connectivity index (χ1n) is 6.44. The molecule has 9 heteroatoms. The number of hydrogen-bond donors (Lipinski definition) is 1. The molecule has 0 aromatic heterocycles. The van der Waals surface area contributed by atoms with Gasteiger partial charge in [0.15, 0.2) is 0 Å². The van der Waals surface area contributed by atoms with E-state index < -0.39 is 23.5 Å². The van der Waals surface area contributed by atoms with Crippen LogP contribution in [0.3, 0.4) is 0 Å². The van der Waals surface area contributed by atoms with Crippen molar-refractivity contribution in [3.63, 3.8) is 0 Å². The Bertz CT molecular complexity index is 661. The van der Waals surface area contributed by atoms with Gasteiger partial charge < -0.3 is 23.7 Å². The second kappa shape index (κ2) is 5.99. The monoisotopic (exact) mass is 389 g/mol. The van der Waals surface area contributed by atoms with Gasteiger partial charge in [0.05, 0.1) is 24.3 Å². The highest BCUT2D eigenvalue weighted by Gasteiger charge is 2.61. The summed E-state index contributed by atoms with van der Waals surface area (Å²) >= 11 is 3.33. The minimum atomic E-state index is -1.91. The Labute approximate surface area is 140 Å². The summed E-state index contributed by atoms with van der Waals surface area (Å²) in [6, 6.07) is 3.11. The average molecular weight is 390 g/mol. The second-order valence-corrected chi connectivity index (χ2v) is 5.75. The molecule has 0 amide bonds. The molecule has 23 heavy (non-hydrogen) atoms. The third-order valence-electron chi connectivity index (χ3n) is 3.48. The highest BCUT2D eigenvalue weighted by Crippen LogP contribution is 2.46. The molecule has 126 valence electrons. The lowest BCUT2D eigenvalue weighted by atomic mass is 9.93. The van der Waals surface area contributed by atoms with Gasteiger partial charge in [0.1, 0.15) is 11.5 Å². The quantitative estimate of drug-likeness (QED) is 0.601. The molecule has 1 heterocycles. The highest BCUT2D eigenvalue weighted by molar-refractivity contribution is 9.10. The summed E-state index contributed by atoms with van der Waals surface area (Å²) in [5.41, 5.74) is 4.49. The molecule has 1 aliphatic heterocycles. The number of halogens is 1. The van der Waals surface area contributed by atoms with Crippen LogP contribution in [0.4, 0.5) is 0 Å². The molecule has 1 fully saturated rings. The number of ether oxygens (including phenoxy) is 5. The molecular formula is C14H16BrNO7. The van der Waals surface area contributed by atoms with E-state index >= 15 is 0 Å². The summed E-state index contributed by atoms with van der Waals surface area (Å²) in [7, 11) is 4.15. The smallest absolute Gasteiger partial charge is 0.420 e. The predicted molar refractivity (Wildman–Crippen MR) is 80.7 cm³/mol. The third kappa shape index (κ3) is 2.64. The van der Waals surface area contributed by atoms with Crippen LogP contribution >= 0.6 is 15.9 Å². The Balaban J connectivity index is 2.73. The van der Waals surface area contributed by atoms with Gasteiger partial charge >= 0.3 is 11.9 Å². The summed E-state index contributed by atoms with van der Waals surface area (Å²) in [4.78, 5) is 23.2. The molecule has 1 saturated heterocycles. The molecule has 0 bridgehead atoms. The van der Waals surface area contributed by atoms with Crippen molar-refractivity contribution in [2.45, 2.75) is 18.4 Å². The lowest BCUT2D eigenvalue weighted by Crippen LogP contribution is -2.66. The molecule has 0 spiro atoms. The molecule has 2 rings (SSSR count). The van der Waals surface area contributed by atoms with Crippen molar-refractivity contribution in [3.8, 4) is 11.5 Å². The number of esters is 2. The Morgan fingerprint density at radius 3 is 2.13 bits per heavy atom. The van der Waals surface area contributed by atoms with Crippen LogP contribution in [-0.2, 0) is 29.6 Å². The lowest BCUT2D eigenvalue weighted by Gasteiger charge is -2.45. The molecule has 0 saturated carbocycles. The zero-order valence-corrected chi connectivity index (χ0v) is 14.6. The molecule has 8 nitrogen and oxygen atoms in total. The van der Waals surface area contributed by atoms with Crippen molar-refractivity contribution in [2.75, 3.05) is 21.3 Å². The molecule has 0 unspecified atom stereocenters. The van der Waals surface area contributed by atoms with Crippen molar-refractivity contribution in [3.05, 3.63) is 22.2 Å². The van der Waals surface area contributed by atoms with Crippen LogP contribution in [0.1, 0.15) is 12.5 Å². The molecule has 1 aromatic rings. The Kier molecular flexibility index (Phi) is 4.56. The first kappa shape index (κ1) is 17.5. The number of cyclic esters (lactones) is 2. The van der Waals surface area contributed by atoms with Crippen molar-refractivity contribution >= 4 is 27.9 Å². The van der Waals surface area contributed by atoms with Crippen molar-refractivity contribution in [1.82, 2.24) is 0 Å². The Morgan fingerprint density at radius 1 is 1.04 bits per heavy atom. The molecular weight excluding hydrogens is 374 g/mol. The number of rotatable bonds is 4. The minimum absolute atomic E-state index is 0.230. The number of nitrogens with two attached hydrogens (primary N) is 1. The average Bonchev–Trinajstić information content (AvgIpc) is 2.50. The van der Waals surface area contributed by atoms with Gasteiger partial charge in [-0.2, -0.15) is 0 Å². The van der Waals surface area contributed by atoms with E-state index in [1.807, 2.05) is 0 Å². The van der Waals surface area contributed by atoms with Gasteiger partial charge in [0.25, 0.3) is 5.79 Å². The number of methoxy groups -OCH3 is 3. The fourth-order valence-electron chi connectivity index (χ4n) is 2.37. The van der Waals surface area contributed by atoms with Gasteiger partial charge in [-0.25, -0.2) is 9.59 Å². The van der Waals surface area contributed by atoms with Gasteiger partial charge in [0.2, 0.25) is 5.72 Å².